The average molecular weight is 237 g/mol. The second-order valence-corrected chi connectivity index (χ2v) is 4.37. The van der Waals surface area contributed by atoms with Gasteiger partial charge in [-0.25, -0.2) is 0 Å². The number of hydrogen-bond donors (Lipinski definition) is 1. The molecule has 0 saturated carbocycles. The van der Waals surface area contributed by atoms with Crippen molar-refractivity contribution < 1.29 is 4.74 Å². The molecule has 1 aliphatic heterocycles. The molecule has 0 spiro atoms. The van der Waals surface area contributed by atoms with Gasteiger partial charge in [0.1, 0.15) is 5.76 Å². The van der Waals surface area contributed by atoms with Crippen molar-refractivity contribution in [1.82, 2.24) is 5.32 Å². The third kappa shape index (κ3) is 1.97. The minimum absolute atomic E-state index is 0.0820. The van der Waals surface area contributed by atoms with Crippen molar-refractivity contribution in [2.75, 3.05) is 0 Å². The van der Waals surface area contributed by atoms with Crippen LogP contribution in [0.4, 0.5) is 0 Å². The summed E-state index contributed by atoms with van der Waals surface area (Å²) in [6.45, 7) is 2.05. The first-order valence-corrected chi connectivity index (χ1v) is 6.09. The average Bonchev–Trinajstić information content (AvgIpc) is 2.83. The van der Waals surface area contributed by atoms with Crippen LogP contribution in [0.3, 0.4) is 0 Å². The minimum atomic E-state index is -0.0820. The molecule has 0 aliphatic carbocycles. The van der Waals surface area contributed by atoms with Gasteiger partial charge in [0.15, 0.2) is 6.23 Å². The molecular weight excluding hydrogens is 222 g/mol. The highest BCUT2D eigenvalue weighted by atomic mass is 16.5. The van der Waals surface area contributed by atoms with E-state index in [0.717, 1.165) is 22.6 Å². The SMILES string of the molecule is CC1=C(c2ccccc2)OC(c2ccccc2)N1. The van der Waals surface area contributed by atoms with Crippen molar-refractivity contribution in [3.63, 3.8) is 0 Å². The second kappa shape index (κ2) is 4.57. The molecule has 1 N–H and O–H groups in total. The molecule has 0 bridgehead atoms. The van der Waals surface area contributed by atoms with Crippen molar-refractivity contribution in [2.24, 2.45) is 0 Å². The number of allylic oxidation sites excluding steroid dienone is 1. The molecule has 0 fully saturated rings. The monoisotopic (exact) mass is 237 g/mol. The van der Waals surface area contributed by atoms with Gasteiger partial charge >= 0.3 is 0 Å². The molecule has 0 aromatic heterocycles. The maximum Gasteiger partial charge on any atom is 0.196 e. The van der Waals surface area contributed by atoms with Crippen LogP contribution in [0.2, 0.25) is 0 Å². The smallest absolute Gasteiger partial charge is 0.196 e. The Hall–Kier alpha value is -2.22. The molecular formula is C16H15NO. The van der Waals surface area contributed by atoms with Gasteiger partial charge in [0.25, 0.3) is 0 Å². The van der Waals surface area contributed by atoms with Gasteiger partial charge < -0.3 is 10.1 Å². The summed E-state index contributed by atoms with van der Waals surface area (Å²) in [4.78, 5) is 0. The van der Waals surface area contributed by atoms with E-state index in [9.17, 15) is 0 Å². The lowest BCUT2D eigenvalue weighted by Crippen LogP contribution is -2.13. The molecule has 1 unspecified atom stereocenters. The molecule has 0 saturated heterocycles. The van der Waals surface area contributed by atoms with E-state index in [1.165, 1.54) is 0 Å². The Bertz CT molecular complexity index is 560. The van der Waals surface area contributed by atoms with E-state index in [2.05, 4.69) is 29.6 Å². The van der Waals surface area contributed by atoms with E-state index < -0.39 is 0 Å². The molecule has 2 nitrogen and oxygen atoms in total. The molecule has 0 radical (unpaired) electrons. The zero-order chi connectivity index (χ0) is 12.4. The molecule has 2 heteroatoms. The van der Waals surface area contributed by atoms with Crippen LogP contribution in [0.15, 0.2) is 66.4 Å². The fourth-order valence-electron chi connectivity index (χ4n) is 2.15. The minimum Gasteiger partial charge on any atom is -0.464 e. The third-order valence-electron chi connectivity index (χ3n) is 3.06. The highest BCUT2D eigenvalue weighted by Crippen LogP contribution is 2.32. The lowest BCUT2D eigenvalue weighted by atomic mass is 10.2. The van der Waals surface area contributed by atoms with E-state index in [-0.39, 0.29) is 6.23 Å². The van der Waals surface area contributed by atoms with Crippen molar-refractivity contribution in [3.05, 3.63) is 77.5 Å². The van der Waals surface area contributed by atoms with Gasteiger partial charge in [0.05, 0.1) is 5.70 Å². The van der Waals surface area contributed by atoms with Crippen LogP contribution in [0.1, 0.15) is 24.3 Å². The molecule has 3 rings (SSSR count). The van der Waals surface area contributed by atoms with Crippen molar-refractivity contribution >= 4 is 5.76 Å². The largest absolute Gasteiger partial charge is 0.464 e. The first-order valence-electron chi connectivity index (χ1n) is 6.09. The summed E-state index contributed by atoms with van der Waals surface area (Å²) in [5.41, 5.74) is 3.33. The summed E-state index contributed by atoms with van der Waals surface area (Å²) in [5, 5.41) is 3.38. The standard InChI is InChI=1S/C16H15NO/c1-12-15(13-8-4-2-5-9-13)18-16(17-12)14-10-6-3-7-11-14/h2-11,16-17H,1H3. The summed E-state index contributed by atoms with van der Waals surface area (Å²) in [5.74, 6) is 0.935. The van der Waals surface area contributed by atoms with Crippen LogP contribution in [-0.4, -0.2) is 0 Å². The van der Waals surface area contributed by atoms with Crippen LogP contribution in [0.25, 0.3) is 5.76 Å². The van der Waals surface area contributed by atoms with Gasteiger partial charge in [-0.3, -0.25) is 0 Å². The van der Waals surface area contributed by atoms with Crippen LogP contribution < -0.4 is 5.32 Å². The number of hydrogen-bond acceptors (Lipinski definition) is 2. The Morgan fingerprint density at radius 3 is 2.17 bits per heavy atom. The molecule has 0 amide bonds. The van der Waals surface area contributed by atoms with Crippen molar-refractivity contribution in [2.45, 2.75) is 13.2 Å². The van der Waals surface area contributed by atoms with Crippen LogP contribution >= 0.6 is 0 Å². The quantitative estimate of drug-likeness (QED) is 0.860. The lowest BCUT2D eigenvalue weighted by Gasteiger charge is -2.13. The predicted molar refractivity (Wildman–Crippen MR) is 72.4 cm³/mol. The second-order valence-electron chi connectivity index (χ2n) is 4.37. The summed E-state index contributed by atoms with van der Waals surface area (Å²) >= 11 is 0. The van der Waals surface area contributed by atoms with Crippen molar-refractivity contribution in [1.29, 1.82) is 0 Å². The maximum absolute atomic E-state index is 6.01. The molecule has 1 heterocycles. The molecule has 1 aliphatic rings. The summed E-state index contributed by atoms with van der Waals surface area (Å²) < 4.78 is 6.01. The zero-order valence-electron chi connectivity index (χ0n) is 10.3. The van der Waals surface area contributed by atoms with Gasteiger partial charge in [0, 0.05) is 11.1 Å². The third-order valence-corrected chi connectivity index (χ3v) is 3.06. The van der Waals surface area contributed by atoms with E-state index in [0.29, 0.717) is 0 Å². The van der Waals surface area contributed by atoms with Crippen LogP contribution in [-0.2, 0) is 4.74 Å². The van der Waals surface area contributed by atoms with Gasteiger partial charge in [-0.2, -0.15) is 0 Å². The topological polar surface area (TPSA) is 21.3 Å². The highest BCUT2D eigenvalue weighted by Gasteiger charge is 2.24. The summed E-state index contributed by atoms with van der Waals surface area (Å²) in [7, 11) is 0. The number of benzene rings is 2. The normalized spacial score (nSPS) is 18.4. The fraction of sp³-hybridized carbons (Fsp3) is 0.125. The Labute approximate surface area is 107 Å². The van der Waals surface area contributed by atoms with Gasteiger partial charge in [-0.15, -0.1) is 0 Å². The van der Waals surface area contributed by atoms with E-state index >= 15 is 0 Å². The van der Waals surface area contributed by atoms with Gasteiger partial charge in [-0.1, -0.05) is 60.7 Å². The summed E-state index contributed by atoms with van der Waals surface area (Å²) in [6, 6.07) is 20.4. The first kappa shape index (κ1) is 10.9. The van der Waals surface area contributed by atoms with Crippen molar-refractivity contribution in [3.8, 4) is 0 Å². The van der Waals surface area contributed by atoms with Gasteiger partial charge in [-0.05, 0) is 6.92 Å². The molecule has 18 heavy (non-hydrogen) atoms. The predicted octanol–water partition coefficient (Wildman–Crippen LogP) is 3.69. The number of nitrogens with one attached hydrogen (secondary N) is 1. The molecule has 2 aromatic rings. The number of rotatable bonds is 2. The Balaban J connectivity index is 1.86. The van der Waals surface area contributed by atoms with E-state index in [4.69, 9.17) is 4.74 Å². The summed E-state index contributed by atoms with van der Waals surface area (Å²) in [6.07, 6.45) is -0.0820. The Morgan fingerprint density at radius 1 is 0.889 bits per heavy atom. The number of ether oxygens (including phenoxy) is 1. The van der Waals surface area contributed by atoms with Crippen LogP contribution in [0, 0.1) is 0 Å². The Kier molecular flexibility index (Phi) is 2.77. The lowest BCUT2D eigenvalue weighted by molar-refractivity contribution is 0.173. The van der Waals surface area contributed by atoms with Gasteiger partial charge in [0.2, 0.25) is 0 Å². The highest BCUT2D eigenvalue weighted by molar-refractivity contribution is 5.64. The molecule has 90 valence electrons. The Morgan fingerprint density at radius 2 is 1.50 bits per heavy atom. The van der Waals surface area contributed by atoms with Crippen LogP contribution in [0.5, 0.6) is 0 Å². The zero-order valence-corrected chi connectivity index (χ0v) is 10.3. The van der Waals surface area contributed by atoms with E-state index in [1.807, 2.05) is 43.3 Å². The molecule has 2 aromatic carbocycles. The van der Waals surface area contributed by atoms with E-state index in [1.54, 1.807) is 0 Å². The molecule has 1 atom stereocenters. The maximum atomic E-state index is 6.01. The fourth-order valence-corrected chi connectivity index (χ4v) is 2.15. The first-order chi connectivity index (χ1) is 8.84.